The predicted octanol–water partition coefficient (Wildman–Crippen LogP) is 3.40. The smallest absolute Gasteiger partial charge is 0.163 e. The SMILES string of the molecule is COc1cc(F)ccc1O[C@@H]1CCN(Cc2cnc3ccccc3c2)C[C@H]1O. The summed E-state index contributed by atoms with van der Waals surface area (Å²) in [6.45, 7) is 2.01. The third-order valence-electron chi connectivity index (χ3n) is 5.06. The molecule has 1 aliphatic heterocycles. The first kappa shape index (κ1) is 18.7. The zero-order valence-corrected chi connectivity index (χ0v) is 15.7. The molecule has 2 heterocycles. The molecule has 0 aliphatic carbocycles. The van der Waals surface area contributed by atoms with Gasteiger partial charge in [0.25, 0.3) is 0 Å². The molecular weight excluding hydrogens is 359 g/mol. The number of nitrogens with zero attached hydrogens (tertiary/aromatic N) is 2. The van der Waals surface area contributed by atoms with Gasteiger partial charge in [-0.15, -0.1) is 0 Å². The minimum atomic E-state index is -0.642. The van der Waals surface area contributed by atoms with Gasteiger partial charge in [-0.25, -0.2) is 4.39 Å². The molecule has 0 saturated carbocycles. The Morgan fingerprint density at radius 3 is 2.86 bits per heavy atom. The van der Waals surface area contributed by atoms with Crippen LogP contribution in [0.25, 0.3) is 10.9 Å². The molecule has 1 N–H and O–H groups in total. The lowest BCUT2D eigenvalue weighted by atomic mass is 10.0. The number of fused-ring (bicyclic) bond motifs is 1. The van der Waals surface area contributed by atoms with E-state index in [2.05, 4.69) is 22.0 Å². The average Bonchev–Trinajstić information content (AvgIpc) is 2.71. The third kappa shape index (κ3) is 4.08. The topological polar surface area (TPSA) is 54.8 Å². The summed E-state index contributed by atoms with van der Waals surface area (Å²) in [4.78, 5) is 6.70. The summed E-state index contributed by atoms with van der Waals surface area (Å²) < 4.78 is 24.4. The van der Waals surface area contributed by atoms with Crippen molar-refractivity contribution in [1.82, 2.24) is 9.88 Å². The second kappa shape index (κ2) is 8.12. The van der Waals surface area contributed by atoms with Gasteiger partial charge in [-0.3, -0.25) is 9.88 Å². The molecule has 28 heavy (non-hydrogen) atoms. The highest BCUT2D eigenvalue weighted by Crippen LogP contribution is 2.30. The Morgan fingerprint density at radius 2 is 2.04 bits per heavy atom. The number of likely N-dealkylation sites (tertiary alicyclic amines) is 1. The average molecular weight is 382 g/mol. The van der Waals surface area contributed by atoms with Crippen molar-refractivity contribution < 1.29 is 19.0 Å². The van der Waals surface area contributed by atoms with Crippen LogP contribution in [0.4, 0.5) is 4.39 Å². The van der Waals surface area contributed by atoms with Crippen molar-refractivity contribution in [2.24, 2.45) is 0 Å². The van der Waals surface area contributed by atoms with Crippen LogP contribution in [-0.4, -0.2) is 47.4 Å². The lowest BCUT2D eigenvalue weighted by Crippen LogP contribution is -2.48. The van der Waals surface area contributed by atoms with E-state index in [1.165, 1.54) is 25.3 Å². The van der Waals surface area contributed by atoms with Gasteiger partial charge < -0.3 is 14.6 Å². The van der Waals surface area contributed by atoms with E-state index in [1.807, 2.05) is 24.4 Å². The number of piperidine rings is 1. The molecule has 1 saturated heterocycles. The van der Waals surface area contributed by atoms with Crippen LogP contribution in [0.5, 0.6) is 11.5 Å². The van der Waals surface area contributed by atoms with E-state index in [-0.39, 0.29) is 11.9 Å². The monoisotopic (exact) mass is 382 g/mol. The first-order valence-electron chi connectivity index (χ1n) is 9.36. The molecule has 2 aromatic carbocycles. The Hall–Kier alpha value is -2.70. The van der Waals surface area contributed by atoms with Gasteiger partial charge in [-0.05, 0) is 36.2 Å². The number of halogens is 1. The van der Waals surface area contributed by atoms with Crippen LogP contribution >= 0.6 is 0 Å². The van der Waals surface area contributed by atoms with Gasteiger partial charge in [-0.2, -0.15) is 0 Å². The Bertz CT molecular complexity index is 965. The minimum Gasteiger partial charge on any atom is -0.493 e. The molecule has 0 bridgehead atoms. The summed E-state index contributed by atoms with van der Waals surface area (Å²) in [6.07, 6.45) is 1.56. The zero-order valence-electron chi connectivity index (χ0n) is 15.7. The number of rotatable bonds is 5. The summed E-state index contributed by atoms with van der Waals surface area (Å²) in [5.41, 5.74) is 2.09. The van der Waals surface area contributed by atoms with E-state index < -0.39 is 6.10 Å². The molecule has 146 valence electrons. The maximum absolute atomic E-state index is 13.3. The molecule has 0 radical (unpaired) electrons. The largest absolute Gasteiger partial charge is 0.493 e. The van der Waals surface area contributed by atoms with Crippen LogP contribution in [0.15, 0.2) is 54.7 Å². The molecule has 0 amide bonds. The van der Waals surface area contributed by atoms with Crippen molar-refractivity contribution >= 4 is 10.9 Å². The van der Waals surface area contributed by atoms with Gasteiger partial charge in [-0.1, -0.05) is 18.2 Å². The molecule has 4 rings (SSSR count). The molecule has 1 fully saturated rings. The van der Waals surface area contributed by atoms with Crippen molar-refractivity contribution in [2.45, 2.75) is 25.2 Å². The zero-order chi connectivity index (χ0) is 19.5. The molecular formula is C22H23FN2O3. The number of pyridine rings is 1. The summed E-state index contributed by atoms with van der Waals surface area (Å²) in [5.74, 6) is 0.389. The van der Waals surface area contributed by atoms with Crippen molar-refractivity contribution in [2.75, 3.05) is 20.2 Å². The van der Waals surface area contributed by atoms with Crippen LogP contribution < -0.4 is 9.47 Å². The highest BCUT2D eigenvalue weighted by molar-refractivity contribution is 5.78. The van der Waals surface area contributed by atoms with Gasteiger partial charge in [0.05, 0.1) is 12.6 Å². The number of benzene rings is 2. The Labute approximate surface area is 163 Å². The van der Waals surface area contributed by atoms with Gasteiger partial charge in [0.2, 0.25) is 0 Å². The first-order chi connectivity index (χ1) is 13.6. The van der Waals surface area contributed by atoms with Crippen molar-refractivity contribution in [3.05, 3.63) is 66.1 Å². The molecule has 6 heteroatoms. The second-order valence-electron chi connectivity index (χ2n) is 7.08. The number of methoxy groups -OCH3 is 1. The van der Waals surface area contributed by atoms with E-state index in [0.29, 0.717) is 24.5 Å². The van der Waals surface area contributed by atoms with E-state index in [4.69, 9.17) is 9.47 Å². The molecule has 0 spiro atoms. The summed E-state index contributed by atoms with van der Waals surface area (Å²) in [6, 6.07) is 14.3. The predicted molar refractivity (Wildman–Crippen MR) is 105 cm³/mol. The van der Waals surface area contributed by atoms with Crippen molar-refractivity contribution in [3.8, 4) is 11.5 Å². The van der Waals surface area contributed by atoms with Crippen LogP contribution in [0.3, 0.4) is 0 Å². The summed E-state index contributed by atoms with van der Waals surface area (Å²) in [5, 5.41) is 11.7. The summed E-state index contributed by atoms with van der Waals surface area (Å²) in [7, 11) is 1.47. The van der Waals surface area contributed by atoms with E-state index in [9.17, 15) is 9.50 Å². The van der Waals surface area contributed by atoms with E-state index in [0.717, 1.165) is 29.6 Å². The fraction of sp³-hybridized carbons (Fsp3) is 0.318. The minimum absolute atomic E-state index is 0.330. The van der Waals surface area contributed by atoms with Gasteiger partial charge >= 0.3 is 0 Å². The highest BCUT2D eigenvalue weighted by atomic mass is 19.1. The number of aliphatic hydroxyl groups excluding tert-OH is 1. The van der Waals surface area contributed by atoms with Crippen LogP contribution in [0.2, 0.25) is 0 Å². The molecule has 5 nitrogen and oxygen atoms in total. The number of hydrogen-bond donors (Lipinski definition) is 1. The van der Waals surface area contributed by atoms with E-state index in [1.54, 1.807) is 0 Å². The van der Waals surface area contributed by atoms with Gasteiger partial charge in [0.15, 0.2) is 11.5 Å². The number of aliphatic hydroxyl groups is 1. The normalized spacial score (nSPS) is 20.2. The molecule has 0 unspecified atom stereocenters. The Balaban J connectivity index is 1.39. The standard InChI is InChI=1S/C22H23FN2O3/c1-27-22-11-17(23)6-7-21(22)28-20-8-9-25(14-19(20)26)13-15-10-16-4-2-3-5-18(16)24-12-15/h2-7,10-12,19-20,26H,8-9,13-14H2,1H3/t19-,20-/m1/s1. The van der Waals surface area contributed by atoms with E-state index >= 15 is 0 Å². The van der Waals surface area contributed by atoms with Crippen LogP contribution in [0, 0.1) is 5.82 Å². The number of aromatic nitrogens is 1. The maximum atomic E-state index is 13.3. The molecule has 1 aliphatic rings. The second-order valence-corrected chi connectivity index (χ2v) is 7.08. The number of para-hydroxylation sites is 1. The highest BCUT2D eigenvalue weighted by Gasteiger charge is 2.30. The van der Waals surface area contributed by atoms with Crippen molar-refractivity contribution in [1.29, 1.82) is 0 Å². The summed E-state index contributed by atoms with van der Waals surface area (Å²) >= 11 is 0. The molecule has 3 aromatic rings. The number of hydrogen-bond acceptors (Lipinski definition) is 5. The first-order valence-corrected chi connectivity index (χ1v) is 9.36. The number of β-amino-alcohol motifs (C(OH)–C–C–N with tert-alkyl or cyclic N) is 1. The van der Waals surface area contributed by atoms with Crippen LogP contribution in [-0.2, 0) is 6.54 Å². The lowest BCUT2D eigenvalue weighted by molar-refractivity contribution is -0.0283. The van der Waals surface area contributed by atoms with Gasteiger partial charge in [0.1, 0.15) is 18.0 Å². The lowest BCUT2D eigenvalue weighted by Gasteiger charge is -2.36. The third-order valence-corrected chi connectivity index (χ3v) is 5.06. The molecule has 2 atom stereocenters. The maximum Gasteiger partial charge on any atom is 0.163 e. The van der Waals surface area contributed by atoms with Crippen LogP contribution in [0.1, 0.15) is 12.0 Å². The van der Waals surface area contributed by atoms with Crippen molar-refractivity contribution in [3.63, 3.8) is 0 Å². The molecule has 1 aromatic heterocycles. The van der Waals surface area contributed by atoms with Gasteiger partial charge in [0, 0.05) is 37.3 Å². The fourth-order valence-electron chi connectivity index (χ4n) is 3.62. The number of ether oxygens (including phenoxy) is 2. The Kier molecular flexibility index (Phi) is 5.41. The Morgan fingerprint density at radius 1 is 1.18 bits per heavy atom. The quantitative estimate of drug-likeness (QED) is 0.733. The fourth-order valence-corrected chi connectivity index (χ4v) is 3.62.